The number of carbonyl (C=O) groups is 4. The number of carbonyl (C=O) groups excluding carboxylic acids is 3. The number of ether oxygens (including phenoxy) is 1. The first kappa shape index (κ1) is 66.7. The van der Waals surface area contributed by atoms with Crippen LogP contribution in [0.4, 0.5) is 54.5 Å². The van der Waals surface area contributed by atoms with Crippen LogP contribution < -0.4 is 9.62 Å². The predicted octanol–water partition coefficient (Wildman–Crippen LogP) is 7.87. The average molecular weight is 1290 g/mol. The molecule has 0 radical (unpaired) electrons. The van der Waals surface area contributed by atoms with Gasteiger partial charge in [0.2, 0.25) is 22.7 Å². The van der Waals surface area contributed by atoms with Crippen molar-refractivity contribution >= 4 is 79.9 Å². The second-order valence-corrected chi connectivity index (χ2v) is 26.2. The number of esters is 1. The SMILES string of the molecule is CN(C(=O)N(c1nn(CC(F)(F)F)c2c(-c3ccc(CCC(C)(C)S(C)(=O)=O)nc3[C@H](Cc3cc(F)cc(F)c3)NC(=O)Cn3nc(C(F)(F)F)c([C@H]4CC4CF)c3CF)ccc(Cl)c12)S(C)(=O)=O)[C@@H](CCC(=O)O)C(=O)OCOP(=O)(O)O. The van der Waals surface area contributed by atoms with E-state index in [1.807, 2.05) is 0 Å². The van der Waals surface area contributed by atoms with Crippen molar-refractivity contribution < 1.29 is 109 Å². The van der Waals surface area contributed by atoms with Gasteiger partial charge in [-0.2, -0.15) is 40.8 Å². The Kier molecular flexibility index (Phi) is 20.0. The van der Waals surface area contributed by atoms with Crippen LogP contribution in [-0.4, -0.2) is 135 Å². The van der Waals surface area contributed by atoms with Crippen molar-refractivity contribution in [2.24, 2.45) is 5.92 Å². The van der Waals surface area contributed by atoms with E-state index in [4.69, 9.17) is 21.4 Å². The number of aryl methyl sites for hydroxylation is 1. The molecule has 3 heterocycles. The first-order valence-electron chi connectivity index (χ1n) is 24.5. The van der Waals surface area contributed by atoms with E-state index in [1.54, 1.807) is 0 Å². The van der Waals surface area contributed by atoms with Gasteiger partial charge in [0.1, 0.15) is 37.4 Å². The van der Waals surface area contributed by atoms with E-state index < -0.39 is 207 Å². The fraction of sp³-hybridized carbons (Fsp3) is 0.479. The minimum absolute atomic E-state index is 0.0240. The number of hydrogen-bond donors (Lipinski definition) is 4. The number of benzene rings is 2. The van der Waals surface area contributed by atoms with Gasteiger partial charge < -0.3 is 29.8 Å². The number of alkyl halides is 8. The van der Waals surface area contributed by atoms with Gasteiger partial charge in [0.15, 0.2) is 21.3 Å². The molecule has 5 aromatic rings. The van der Waals surface area contributed by atoms with E-state index in [9.17, 15) is 89.6 Å². The zero-order valence-corrected chi connectivity index (χ0v) is 47.8. The molecule has 1 saturated carbocycles. The zero-order valence-electron chi connectivity index (χ0n) is 44.5. The van der Waals surface area contributed by atoms with Gasteiger partial charge in [-0.05, 0) is 87.6 Å². The molecule has 36 heteroatoms. The Morgan fingerprint density at radius 2 is 1.57 bits per heavy atom. The second-order valence-electron chi connectivity index (χ2n) is 20.1. The summed E-state index contributed by atoms with van der Waals surface area (Å²) in [4.78, 5) is 76.8. The molecule has 4 N–H and O–H groups in total. The Bertz CT molecular complexity index is 3620. The van der Waals surface area contributed by atoms with E-state index in [-0.39, 0.29) is 50.0 Å². The number of phosphoric ester groups is 1. The van der Waals surface area contributed by atoms with Crippen molar-refractivity contribution in [2.45, 2.75) is 107 Å². The highest BCUT2D eigenvalue weighted by atomic mass is 35.5. The molecule has 0 spiro atoms. The highest BCUT2D eigenvalue weighted by molar-refractivity contribution is 7.93. The Labute approximate surface area is 476 Å². The largest absolute Gasteiger partial charge is 0.481 e. The lowest BCUT2D eigenvalue weighted by Crippen LogP contribution is -2.51. The molecule has 6 rings (SSSR count). The number of anilines is 1. The van der Waals surface area contributed by atoms with E-state index in [0.717, 1.165) is 30.5 Å². The Hall–Kier alpha value is -6.45. The summed E-state index contributed by atoms with van der Waals surface area (Å²) in [5.74, 6) is -10.2. The van der Waals surface area contributed by atoms with Gasteiger partial charge in [-0.1, -0.05) is 23.7 Å². The van der Waals surface area contributed by atoms with Crippen LogP contribution in [-0.2, 0) is 86.9 Å². The summed E-state index contributed by atoms with van der Waals surface area (Å²) in [5, 5.41) is 17.8. The molecule has 3 aromatic heterocycles. The van der Waals surface area contributed by atoms with Gasteiger partial charge in [-0.3, -0.25) is 28.3 Å². The lowest BCUT2D eigenvalue weighted by atomic mass is 9.93. The maximum Gasteiger partial charge on any atom is 0.472 e. The van der Waals surface area contributed by atoms with Crippen molar-refractivity contribution in [3.05, 3.63) is 93.0 Å². The van der Waals surface area contributed by atoms with Crippen molar-refractivity contribution in [2.75, 3.05) is 37.3 Å². The minimum atomic E-state index is -5.32. The van der Waals surface area contributed by atoms with Crippen LogP contribution in [0, 0.1) is 17.6 Å². The van der Waals surface area contributed by atoms with Gasteiger partial charge in [0, 0.05) is 48.2 Å². The van der Waals surface area contributed by atoms with Crippen molar-refractivity contribution in [3.63, 3.8) is 0 Å². The Balaban J connectivity index is 1.62. The number of amides is 3. The van der Waals surface area contributed by atoms with Crippen LogP contribution >= 0.6 is 19.4 Å². The molecule has 22 nitrogen and oxygen atoms in total. The number of pyridine rings is 1. The number of hydrogen-bond acceptors (Lipinski definition) is 14. The van der Waals surface area contributed by atoms with Crippen LogP contribution in [0.25, 0.3) is 22.0 Å². The van der Waals surface area contributed by atoms with Gasteiger partial charge in [-0.25, -0.2) is 48.7 Å². The highest BCUT2D eigenvalue weighted by Gasteiger charge is 2.49. The molecule has 2 aromatic carbocycles. The summed E-state index contributed by atoms with van der Waals surface area (Å²) >= 11 is 6.70. The van der Waals surface area contributed by atoms with Crippen molar-refractivity contribution in [1.29, 1.82) is 0 Å². The summed E-state index contributed by atoms with van der Waals surface area (Å²) in [7, 11) is -13.6. The monoisotopic (exact) mass is 1280 g/mol. The number of rotatable bonds is 25. The fourth-order valence-electron chi connectivity index (χ4n) is 9.02. The fourth-order valence-corrected chi connectivity index (χ4v) is 10.8. The molecule has 0 aliphatic heterocycles. The Morgan fingerprint density at radius 1 is 0.940 bits per heavy atom. The number of nitrogens with zero attached hydrogens (tertiary/aromatic N) is 7. The van der Waals surface area contributed by atoms with Crippen LogP contribution in [0.5, 0.6) is 0 Å². The quantitative estimate of drug-likeness (QED) is 0.0187. The van der Waals surface area contributed by atoms with E-state index in [0.29, 0.717) is 24.1 Å². The molecule has 1 aliphatic carbocycles. The Morgan fingerprint density at radius 3 is 2.11 bits per heavy atom. The third-order valence-corrected chi connectivity index (χ3v) is 17.5. The third kappa shape index (κ3) is 16.1. The number of sulfonamides is 1. The number of halogens is 11. The van der Waals surface area contributed by atoms with Crippen molar-refractivity contribution in [1.82, 2.24) is 34.8 Å². The summed E-state index contributed by atoms with van der Waals surface area (Å²) in [6.45, 7) is -4.82. The summed E-state index contributed by atoms with van der Waals surface area (Å²) in [6, 6.07) is 0.622. The summed E-state index contributed by atoms with van der Waals surface area (Å²) in [5.41, 5.74) is -5.42. The number of fused-ring (bicyclic) bond motifs is 1. The smallest absolute Gasteiger partial charge is 0.472 e. The minimum Gasteiger partial charge on any atom is -0.481 e. The number of urea groups is 1. The van der Waals surface area contributed by atoms with Crippen LogP contribution in [0.1, 0.15) is 85.4 Å². The van der Waals surface area contributed by atoms with Crippen LogP contribution in [0.15, 0.2) is 42.5 Å². The molecule has 4 atom stereocenters. The molecular weight excluding hydrogens is 1230 g/mol. The lowest BCUT2D eigenvalue weighted by molar-refractivity contribution is -0.156. The maximum absolute atomic E-state index is 15.0. The van der Waals surface area contributed by atoms with Gasteiger partial charge in [0.05, 0.1) is 51.0 Å². The lowest BCUT2D eigenvalue weighted by Gasteiger charge is -2.30. The van der Waals surface area contributed by atoms with E-state index in [1.165, 1.54) is 26.0 Å². The van der Waals surface area contributed by atoms with Gasteiger partial charge in [0.25, 0.3) is 0 Å². The second kappa shape index (κ2) is 25.2. The topological polar surface area (TPSA) is 300 Å². The number of likely N-dealkylation sites (N-methyl/N-ethyl adjacent to an activating group) is 1. The standard InChI is InChI=1S/C48H52ClF10N8O14PS2/c1-46(2,83(4,76)77)13-12-28-6-7-29(40(60-28)33(16-24-14-26(52)18-27(53)15-24)61-36(68)21-65-35(20-51)38(31-17-25(31)19-50)42(62-65)48(57,58)59)30-8-9-32(49)39-41(30)66(22-47(54,55)56)63-43(39)67(84(5,78)79)45(72)64(3)34(10-11-37(69)70)44(71)80-23-81-82(73,74)75/h6-9,14-15,18,25,31,33-34H,10-13,16-17,19-23H2,1-5H3,(H,61,68)(H,69,70)(H2,73,74,75)/t25?,31-,33-,34-/m0/s1. The van der Waals surface area contributed by atoms with E-state index in [2.05, 4.69) is 29.8 Å². The third-order valence-electron chi connectivity index (χ3n) is 13.5. The van der Waals surface area contributed by atoms with Crippen molar-refractivity contribution in [3.8, 4) is 11.1 Å². The van der Waals surface area contributed by atoms with E-state index >= 15 is 0 Å². The highest BCUT2D eigenvalue weighted by Crippen LogP contribution is 2.52. The molecular formula is C48H52ClF10N8O14PS2. The number of aromatic nitrogens is 5. The average Bonchev–Trinajstić information content (AvgIpc) is 1.60. The molecule has 0 bridgehead atoms. The molecule has 84 heavy (non-hydrogen) atoms. The number of nitrogens with one attached hydrogen (secondary N) is 1. The number of phosphoric acid groups is 1. The summed E-state index contributed by atoms with van der Waals surface area (Å²) < 4.78 is 218. The first-order valence-corrected chi connectivity index (χ1v) is 30.1. The van der Waals surface area contributed by atoms with Crippen LogP contribution in [0.3, 0.4) is 0 Å². The number of sulfone groups is 1. The maximum atomic E-state index is 15.0. The summed E-state index contributed by atoms with van der Waals surface area (Å²) in [6.07, 6.45) is -12.4. The molecule has 3 amide bonds. The van der Waals surface area contributed by atoms with Crippen LogP contribution in [0.2, 0.25) is 5.02 Å². The predicted molar refractivity (Wildman–Crippen MR) is 276 cm³/mol. The number of aliphatic carboxylic acids is 1. The molecule has 1 unspecified atom stereocenters. The zero-order chi connectivity index (χ0) is 63.0. The number of carboxylic acids is 1. The van der Waals surface area contributed by atoms with Gasteiger partial charge >= 0.3 is 38.1 Å². The molecule has 1 aliphatic rings. The van der Waals surface area contributed by atoms with Gasteiger partial charge in [-0.15, -0.1) is 0 Å². The first-order chi connectivity index (χ1) is 38.7. The molecule has 0 saturated heterocycles. The normalized spacial score (nSPS) is 15.9. The number of carboxylic acid groups (broad SMARTS) is 1. The molecule has 462 valence electrons. The molecule has 1 fully saturated rings.